The van der Waals surface area contributed by atoms with Gasteiger partial charge < -0.3 is 10.2 Å². The van der Waals surface area contributed by atoms with Crippen molar-refractivity contribution in [1.29, 1.82) is 0 Å². The second-order valence-corrected chi connectivity index (χ2v) is 1.88. The Morgan fingerprint density at radius 2 is 2.10 bits per heavy atom. The van der Waals surface area contributed by atoms with Gasteiger partial charge in [-0.2, -0.15) is 0 Å². The number of hydrogen-bond donors (Lipinski definition) is 1. The number of furan rings is 1. The van der Waals surface area contributed by atoms with Gasteiger partial charge >= 0.3 is 0 Å². The van der Waals surface area contributed by atoms with E-state index in [1.54, 1.807) is 18.2 Å². The van der Waals surface area contributed by atoms with Gasteiger partial charge in [0.2, 0.25) is 0 Å². The zero-order chi connectivity index (χ0) is 7.56. The summed E-state index contributed by atoms with van der Waals surface area (Å²) in [5, 5.41) is 0. The molecule has 0 radical (unpaired) electrons. The molecule has 0 aliphatic heterocycles. The highest BCUT2D eigenvalue weighted by atomic mass is 16.3. The van der Waals surface area contributed by atoms with Gasteiger partial charge in [-0.1, -0.05) is 19.2 Å². The molecule has 52 valence electrons. The highest BCUT2D eigenvalue weighted by Crippen LogP contribution is 2.18. The van der Waals surface area contributed by atoms with E-state index >= 15 is 0 Å². The molecule has 1 heterocycles. The average molecular weight is 135 g/mol. The molecule has 0 fully saturated rings. The summed E-state index contributed by atoms with van der Waals surface area (Å²) in [4.78, 5) is 0. The Morgan fingerprint density at radius 3 is 2.50 bits per heavy atom. The van der Waals surface area contributed by atoms with E-state index < -0.39 is 0 Å². The standard InChI is InChI=1S/C8H9NO/c1-3-6-5-8(9)10-7(6)4-2/h3-5H,1-2,9H2. The molecule has 2 heteroatoms. The van der Waals surface area contributed by atoms with Crippen LogP contribution in [0.2, 0.25) is 0 Å². The van der Waals surface area contributed by atoms with Crippen LogP contribution in [0.3, 0.4) is 0 Å². The van der Waals surface area contributed by atoms with Crippen LogP contribution in [-0.2, 0) is 0 Å². The highest BCUT2D eigenvalue weighted by Gasteiger charge is 2.00. The molecule has 2 N–H and O–H groups in total. The predicted octanol–water partition coefficient (Wildman–Crippen LogP) is 2.15. The molecule has 2 nitrogen and oxygen atoms in total. The van der Waals surface area contributed by atoms with E-state index in [0.29, 0.717) is 11.6 Å². The largest absolute Gasteiger partial charge is 0.441 e. The molecular formula is C8H9NO. The van der Waals surface area contributed by atoms with Crippen LogP contribution in [0.1, 0.15) is 11.3 Å². The second-order valence-electron chi connectivity index (χ2n) is 1.88. The lowest BCUT2D eigenvalue weighted by Crippen LogP contribution is -1.75. The van der Waals surface area contributed by atoms with Crippen molar-refractivity contribution in [3.05, 3.63) is 30.5 Å². The van der Waals surface area contributed by atoms with Gasteiger partial charge in [0.1, 0.15) is 5.76 Å². The smallest absolute Gasteiger partial charge is 0.191 e. The third-order valence-corrected chi connectivity index (χ3v) is 1.22. The summed E-state index contributed by atoms with van der Waals surface area (Å²) in [6.07, 6.45) is 3.28. The van der Waals surface area contributed by atoms with Crippen molar-refractivity contribution < 1.29 is 4.42 Å². The Hall–Kier alpha value is -1.44. The molecule has 0 atom stereocenters. The number of rotatable bonds is 2. The van der Waals surface area contributed by atoms with Gasteiger partial charge in [0.05, 0.1) is 0 Å². The molecule has 1 rings (SSSR count). The molecule has 1 aromatic heterocycles. The lowest BCUT2D eigenvalue weighted by atomic mass is 10.2. The van der Waals surface area contributed by atoms with Crippen molar-refractivity contribution >= 4 is 18.0 Å². The molecule has 0 unspecified atom stereocenters. The minimum absolute atomic E-state index is 0.393. The fourth-order valence-electron chi connectivity index (χ4n) is 0.759. The predicted molar refractivity (Wildman–Crippen MR) is 43.3 cm³/mol. The number of hydrogen-bond acceptors (Lipinski definition) is 2. The van der Waals surface area contributed by atoms with E-state index in [-0.39, 0.29) is 0 Å². The maximum atomic E-state index is 5.37. The third kappa shape index (κ3) is 0.957. The van der Waals surface area contributed by atoms with Gasteiger partial charge in [-0.25, -0.2) is 0 Å². The Balaban J connectivity index is 3.20. The molecule has 0 bridgehead atoms. The molecule has 10 heavy (non-hydrogen) atoms. The molecule has 0 saturated heterocycles. The zero-order valence-corrected chi connectivity index (χ0v) is 5.63. The maximum absolute atomic E-state index is 5.37. The normalized spacial score (nSPS) is 9.20. The molecular weight excluding hydrogens is 126 g/mol. The Labute approximate surface area is 59.6 Å². The fraction of sp³-hybridized carbons (Fsp3) is 0. The molecule has 1 aromatic rings. The maximum Gasteiger partial charge on any atom is 0.191 e. The van der Waals surface area contributed by atoms with E-state index in [2.05, 4.69) is 13.2 Å². The fourth-order valence-corrected chi connectivity index (χ4v) is 0.759. The minimum atomic E-state index is 0.393. The molecule has 0 spiro atoms. The van der Waals surface area contributed by atoms with Crippen molar-refractivity contribution in [3.8, 4) is 0 Å². The SMILES string of the molecule is C=Cc1cc(N)oc1C=C. The van der Waals surface area contributed by atoms with Crippen molar-refractivity contribution in [2.24, 2.45) is 0 Å². The molecule has 0 amide bonds. The summed E-state index contributed by atoms with van der Waals surface area (Å²) in [5.74, 6) is 1.07. The van der Waals surface area contributed by atoms with Crippen LogP contribution in [0.25, 0.3) is 12.2 Å². The van der Waals surface area contributed by atoms with E-state index in [9.17, 15) is 0 Å². The lowest BCUT2D eigenvalue weighted by molar-refractivity contribution is 0.576. The lowest BCUT2D eigenvalue weighted by Gasteiger charge is -1.84. The topological polar surface area (TPSA) is 39.2 Å². The van der Waals surface area contributed by atoms with Crippen LogP contribution < -0.4 is 5.73 Å². The molecule has 0 saturated carbocycles. The van der Waals surface area contributed by atoms with E-state index in [4.69, 9.17) is 10.2 Å². The van der Waals surface area contributed by atoms with E-state index in [0.717, 1.165) is 5.56 Å². The van der Waals surface area contributed by atoms with Crippen molar-refractivity contribution in [2.75, 3.05) is 5.73 Å². The van der Waals surface area contributed by atoms with Crippen molar-refractivity contribution in [3.63, 3.8) is 0 Å². The summed E-state index contributed by atoms with van der Waals surface area (Å²) in [5.41, 5.74) is 6.25. The minimum Gasteiger partial charge on any atom is -0.441 e. The quantitative estimate of drug-likeness (QED) is 0.674. The van der Waals surface area contributed by atoms with Crippen LogP contribution in [-0.4, -0.2) is 0 Å². The third-order valence-electron chi connectivity index (χ3n) is 1.22. The summed E-state index contributed by atoms with van der Waals surface area (Å²) in [7, 11) is 0. The number of anilines is 1. The Kier molecular flexibility index (Phi) is 1.63. The highest BCUT2D eigenvalue weighted by molar-refractivity contribution is 5.62. The van der Waals surface area contributed by atoms with E-state index in [1.165, 1.54) is 0 Å². The molecule has 0 aliphatic carbocycles. The number of nitrogens with two attached hydrogens (primary N) is 1. The first-order valence-corrected chi connectivity index (χ1v) is 2.92. The zero-order valence-electron chi connectivity index (χ0n) is 5.63. The Bertz CT molecular complexity index is 235. The number of nitrogen functional groups attached to an aromatic ring is 1. The molecule has 0 aliphatic rings. The van der Waals surface area contributed by atoms with Gasteiger partial charge in [-0.15, -0.1) is 0 Å². The van der Waals surface area contributed by atoms with Gasteiger partial charge in [0.15, 0.2) is 5.88 Å². The summed E-state index contributed by atoms with van der Waals surface area (Å²) < 4.78 is 5.04. The van der Waals surface area contributed by atoms with Crippen LogP contribution in [0.5, 0.6) is 0 Å². The van der Waals surface area contributed by atoms with Crippen LogP contribution in [0.15, 0.2) is 23.6 Å². The van der Waals surface area contributed by atoms with Gasteiger partial charge in [-0.3, -0.25) is 0 Å². The van der Waals surface area contributed by atoms with E-state index in [1.807, 2.05) is 0 Å². The first-order chi connectivity index (χ1) is 4.77. The van der Waals surface area contributed by atoms with Crippen molar-refractivity contribution in [2.45, 2.75) is 0 Å². The van der Waals surface area contributed by atoms with Gasteiger partial charge in [0, 0.05) is 11.6 Å². The molecule has 0 aromatic carbocycles. The van der Waals surface area contributed by atoms with Gasteiger partial charge in [0.25, 0.3) is 0 Å². The van der Waals surface area contributed by atoms with Gasteiger partial charge in [-0.05, 0) is 6.08 Å². The van der Waals surface area contributed by atoms with Crippen LogP contribution >= 0.6 is 0 Å². The van der Waals surface area contributed by atoms with Crippen LogP contribution in [0.4, 0.5) is 5.88 Å². The first kappa shape index (κ1) is 6.68. The van der Waals surface area contributed by atoms with Crippen LogP contribution in [0, 0.1) is 0 Å². The average Bonchev–Trinajstić information content (AvgIpc) is 2.30. The van der Waals surface area contributed by atoms with Crippen molar-refractivity contribution in [1.82, 2.24) is 0 Å². The second kappa shape index (κ2) is 2.43. The summed E-state index contributed by atoms with van der Waals surface area (Å²) >= 11 is 0. The first-order valence-electron chi connectivity index (χ1n) is 2.92. The summed E-state index contributed by atoms with van der Waals surface area (Å²) in [6, 6.07) is 1.71. The summed E-state index contributed by atoms with van der Waals surface area (Å²) in [6.45, 7) is 7.15. The monoisotopic (exact) mass is 135 g/mol. The Morgan fingerprint density at radius 1 is 1.40 bits per heavy atom.